The summed E-state index contributed by atoms with van der Waals surface area (Å²) in [6.07, 6.45) is 2.53. The minimum Gasteiger partial charge on any atom is -0.480 e. The van der Waals surface area contributed by atoms with Crippen LogP contribution in [0.2, 0.25) is 5.02 Å². The van der Waals surface area contributed by atoms with E-state index in [0.717, 1.165) is 19.3 Å². The molecule has 1 saturated carbocycles. The highest BCUT2D eigenvalue weighted by atomic mass is 35.5. The SMILES string of the molecule is CCC1Oc2ccc(Cl)cc2C(C(=O)O)N(C2CCC2)C1=O. The summed E-state index contributed by atoms with van der Waals surface area (Å²) in [5, 5.41) is 10.2. The number of carboxylic acids is 1. The van der Waals surface area contributed by atoms with Crippen LogP contribution in [-0.2, 0) is 9.59 Å². The largest absolute Gasteiger partial charge is 0.480 e. The van der Waals surface area contributed by atoms with Crippen LogP contribution in [0.5, 0.6) is 5.75 Å². The molecule has 5 nitrogen and oxygen atoms in total. The molecule has 0 bridgehead atoms. The standard InChI is InChI=1S/C16H18ClNO4/c1-2-12-15(19)18(10-4-3-5-10)14(16(20)21)11-8-9(17)6-7-13(11)22-12/h6-8,10,12,14H,2-5H2,1H3,(H,20,21). The van der Waals surface area contributed by atoms with Crippen molar-refractivity contribution in [1.29, 1.82) is 0 Å². The number of carbonyl (C=O) groups is 2. The summed E-state index contributed by atoms with van der Waals surface area (Å²) >= 11 is 6.03. The molecule has 2 unspecified atom stereocenters. The summed E-state index contributed by atoms with van der Waals surface area (Å²) in [7, 11) is 0. The molecule has 1 N–H and O–H groups in total. The molecule has 6 heteroatoms. The van der Waals surface area contributed by atoms with Crippen molar-refractivity contribution in [3.63, 3.8) is 0 Å². The van der Waals surface area contributed by atoms with Gasteiger partial charge in [-0.3, -0.25) is 4.79 Å². The number of fused-ring (bicyclic) bond motifs is 1. The van der Waals surface area contributed by atoms with E-state index in [9.17, 15) is 14.7 Å². The molecule has 1 fully saturated rings. The van der Waals surface area contributed by atoms with E-state index < -0.39 is 18.1 Å². The Labute approximate surface area is 133 Å². The molecule has 1 aliphatic heterocycles. The minimum atomic E-state index is -1.05. The summed E-state index contributed by atoms with van der Waals surface area (Å²) in [5.74, 6) is -0.866. The van der Waals surface area contributed by atoms with Gasteiger partial charge in [-0.2, -0.15) is 0 Å². The lowest BCUT2D eigenvalue weighted by molar-refractivity contribution is -0.157. The molecular weight excluding hydrogens is 306 g/mol. The number of rotatable bonds is 3. The molecule has 0 radical (unpaired) electrons. The van der Waals surface area contributed by atoms with E-state index in [-0.39, 0.29) is 11.9 Å². The zero-order valence-electron chi connectivity index (χ0n) is 12.3. The normalized spacial score (nSPS) is 25.0. The van der Waals surface area contributed by atoms with Crippen LogP contribution < -0.4 is 4.74 Å². The van der Waals surface area contributed by atoms with Gasteiger partial charge in [0, 0.05) is 16.6 Å². The average Bonchev–Trinajstić information content (AvgIpc) is 2.53. The molecule has 22 heavy (non-hydrogen) atoms. The number of benzene rings is 1. The Kier molecular flexibility index (Phi) is 4.00. The number of carboxylic acid groups (broad SMARTS) is 1. The van der Waals surface area contributed by atoms with Gasteiger partial charge in [-0.15, -0.1) is 0 Å². The summed E-state index contributed by atoms with van der Waals surface area (Å²) in [5.41, 5.74) is 0.455. The molecule has 3 rings (SSSR count). The Hall–Kier alpha value is -1.75. The maximum absolute atomic E-state index is 12.8. The first-order valence-electron chi connectivity index (χ1n) is 7.54. The van der Waals surface area contributed by atoms with Crippen LogP contribution in [0.25, 0.3) is 0 Å². The van der Waals surface area contributed by atoms with Crippen molar-refractivity contribution in [3.8, 4) is 5.75 Å². The Bertz CT molecular complexity index is 614. The third-order valence-corrected chi connectivity index (χ3v) is 4.65. The van der Waals surface area contributed by atoms with Gasteiger partial charge >= 0.3 is 5.97 Å². The Morgan fingerprint density at radius 2 is 2.18 bits per heavy atom. The van der Waals surface area contributed by atoms with E-state index in [2.05, 4.69) is 0 Å². The third-order valence-electron chi connectivity index (χ3n) is 4.42. The summed E-state index contributed by atoms with van der Waals surface area (Å²) in [4.78, 5) is 26.2. The predicted octanol–water partition coefficient (Wildman–Crippen LogP) is 3.02. The second-order valence-electron chi connectivity index (χ2n) is 5.77. The van der Waals surface area contributed by atoms with Crippen molar-refractivity contribution in [2.45, 2.75) is 50.8 Å². The fraction of sp³-hybridized carbons (Fsp3) is 0.500. The van der Waals surface area contributed by atoms with Crippen molar-refractivity contribution >= 4 is 23.5 Å². The molecule has 1 heterocycles. The van der Waals surface area contributed by atoms with Crippen molar-refractivity contribution in [2.24, 2.45) is 0 Å². The van der Waals surface area contributed by atoms with E-state index in [1.807, 2.05) is 6.92 Å². The van der Waals surface area contributed by atoms with Crippen molar-refractivity contribution in [1.82, 2.24) is 4.90 Å². The summed E-state index contributed by atoms with van der Waals surface area (Å²) < 4.78 is 5.79. The van der Waals surface area contributed by atoms with Gasteiger partial charge in [-0.05, 0) is 43.9 Å². The van der Waals surface area contributed by atoms with E-state index in [1.54, 1.807) is 18.2 Å². The lowest BCUT2D eigenvalue weighted by Crippen LogP contribution is -2.51. The van der Waals surface area contributed by atoms with E-state index >= 15 is 0 Å². The first kappa shape index (κ1) is 15.2. The van der Waals surface area contributed by atoms with E-state index in [0.29, 0.717) is 22.8 Å². The molecule has 1 aliphatic carbocycles. The number of aliphatic carboxylic acids is 1. The molecule has 0 saturated heterocycles. The molecule has 1 aromatic carbocycles. The smallest absolute Gasteiger partial charge is 0.331 e. The van der Waals surface area contributed by atoms with E-state index in [4.69, 9.17) is 16.3 Å². The first-order valence-corrected chi connectivity index (χ1v) is 7.91. The highest BCUT2D eigenvalue weighted by Crippen LogP contribution is 2.41. The Morgan fingerprint density at radius 3 is 2.73 bits per heavy atom. The predicted molar refractivity (Wildman–Crippen MR) is 81.0 cm³/mol. The zero-order valence-corrected chi connectivity index (χ0v) is 13.0. The summed E-state index contributed by atoms with van der Waals surface area (Å²) in [6, 6.07) is 3.81. The molecule has 2 aliphatic rings. The zero-order chi connectivity index (χ0) is 15.9. The highest BCUT2D eigenvalue weighted by Gasteiger charge is 2.45. The molecule has 1 amide bonds. The number of carbonyl (C=O) groups excluding carboxylic acids is 1. The van der Waals surface area contributed by atoms with Crippen molar-refractivity contribution in [3.05, 3.63) is 28.8 Å². The van der Waals surface area contributed by atoms with Crippen LogP contribution in [0.15, 0.2) is 18.2 Å². The van der Waals surface area contributed by atoms with Crippen LogP contribution in [-0.4, -0.2) is 34.0 Å². The lowest BCUT2D eigenvalue weighted by Gasteiger charge is -2.40. The fourth-order valence-corrected chi connectivity index (χ4v) is 3.23. The van der Waals surface area contributed by atoms with Gasteiger partial charge in [0.2, 0.25) is 0 Å². The Balaban J connectivity index is 2.14. The molecule has 118 valence electrons. The van der Waals surface area contributed by atoms with Gasteiger partial charge in [0.05, 0.1) is 0 Å². The topological polar surface area (TPSA) is 66.8 Å². The lowest BCUT2D eigenvalue weighted by atomic mass is 9.88. The van der Waals surface area contributed by atoms with Crippen molar-refractivity contribution in [2.75, 3.05) is 0 Å². The van der Waals surface area contributed by atoms with Gasteiger partial charge < -0.3 is 14.7 Å². The average molecular weight is 324 g/mol. The first-order chi connectivity index (χ1) is 10.5. The summed E-state index contributed by atoms with van der Waals surface area (Å²) in [6.45, 7) is 1.86. The maximum atomic E-state index is 12.8. The minimum absolute atomic E-state index is 0.0313. The third kappa shape index (κ3) is 2.43. The second kappa shape index (κ2) is 5.80. The van der Waals surface area contributed by atoms with Crippen LogP contribution in [0.1, 0.15) is 44.2 Å². The van der Waals surface area contributed by atoms with Gasteiger partial charge in [0.1, 0.15) is 5.75 Å². The van der Waals surface area contributed by atoms with Gasteiger partial charge in [-0.25, -0.2) is 4.79 Å². The molecule has 0 spiro atoms. The number of halogens is 1. The number of amides is 1. The maximum Gasteiger partial charge on any atom is 0.331 e. The number of hydrogen-bond acceptors (Lipinski definition) is 3. The van der Waals surface area contributed by atoms with Gasteiger partial charge in [0.15, 0.2) is 12.1 Å². The van der Waals surface area contributed by atoms with Crippen LogP contribution in [0.3, 0.4) is 0 Å². The number of hydrogen-bond donors (Lipinski definition) is 1. The quantitative estimate of drug-likeness (QED) is 0.928. The van der Waals surface area contributed by atoms with Gasteiger partial charge in [-0.1, -0.05) is 18.5 Å². The van der Waals surface area contributed by atoms with E-state index in [1.165, 1.54) is 4.90 Å². The fourth-order valence-electron chi connectivity index (χ4n) is 3.05. The van der Waals surface area contributed by atoms with Crippen molar-refractivity contribution < 1.29 is 19.4 Å². The Morgan fingerprint density at radius 1 is 1.45 bits per heavy atom. The highest BCUT2D eigenvalue weighted by molar-refractivity contribution is 6.30. The van der Waals surface area contributed by atoms with Crippen LogP contribution >= 0.6 is 11.6 Å². The van der Waals surface area contributed by atoms with Crippen LogP contribution in [0, 0.1) is 0 Å². The van der Waals surface area contributed by atoms with Crippen LogP contribution in [0.4, 0.5) is 0 Å². The number of nitrogens with zero attached hydrogens (tertiary/aromatic N) is 1. The monoisotopic (exact) mass is 323 g/mol. The second-order valence-corrected chi connectivity index (χ2v) is 6.20. The molecule has 1 aromatic rings. The molecule has 2 atom stereocenters. The number of ether oxygens (including phenoxy) is 1. The van der Waals surface area contributed by atoms with Gasteiger partial charge in [0.25, 0.3) is 5.91 Å². The molecular formula is C16H18ClNO4. The molecule has 0 aromatic heterocycles.